The van der Waals surface area contributed by atoms with Crippen molar-refractivity contribution in [3.05, 3.63) is 30.7 Å². The Morgan fingerprint density at radius 2 is 2.07 bits per heavy atom. The number of rotatable bonds is 3. The minimum Gasteiger partial charge on any atom is -0.367 e. The maximum atomic E-state index is 12.6. The predicted molar refractivity (Wildman–Crippen MR) is 109 cm³/mol. The van der Waals surface area contributed by atoms with Crippen molar-refractivity contribution in [3.63, 3.8) is 0 Å². The molecule has 1 aliphatic carbocycles. The van der Waals surface area contributed by atoms with Gasteiger partial charge in [0.2, 0.25) is 5.91 Å². The maximum absolute atomic E-state index is 12.6. The molecule has 1 amide bonds. The zero-order chi connectivity index (χ0) is 20.0. The number of carbonyl (C=O) groups is 1. The van der Waals surface area contributed by atoms with E-state index in [4.69, 9.17) is 5.26 Å². The average molecular weight is 389 g/mol. The van der Waals surface area contributed by atoms with Crippen LogP contribution in [0.15, 0.2) is 30.7 Å². The van der Waals surface area contributed by atoms with Crippen molar-refractivity contribution in [2.75, 3.05) is 31.1 Å². The summed E-state index contributed by atoms with van der Waals surface area (Å²) >= 11 is 0. The molecule has 8 nitrogen and oxygen atoms in total. The highest BCUT2D eigenvalue weighted by Gasteiger charge is 2.37. The fourth-order valence-corrected chi connectivity index (χ4v) is 4.36. The first-order valence-electron chi connectivity index (χ1n) is 10.0. The maximum Gasteiger partial charge on any atom is 0.225 e. The molecule has 1 saturated carbocycles. The van der Waals surface area contributed by atoms with Crippen LogP contribution < -0.4 is 4.90 Å². The Morgan fingerprint density at radius 3 is 2.76 bits per heavy atom. The monoisotopic (exact) mass is 389 g/mol. The molecule has 4 heterocycles. The summed E-state index contributed by atoms with van der Waals surface area (Å²) in [7, 11) is 1.90. The molecule has 2 aliphatic rings. The smallest absolute Gasteiger partial charge is 0.225 e. The van der Waals surface area contributed by atoms with Crippen LogP contribution in [0.3, 0.4) is 0 Å². The molecule has 0 aromatic carbocycles. The second-order valence-electron chi connectivity index (χ2n) is 7.98. The first-order chi connectivity index (χ1) is 14.1. The summed E-state index contributed by atoms with van der Waals surface area (Å²) in [6.45, 7) is 3.03. The Kier molecular flexibility index (Phi) is 4.23. The fraction of sp³-hybridized carbons (Fsp3) is 0.429. The zero-order valence-electron chi connectivity index (χ0n) is 16.4. The standard InChI is InChI=1S/C21H23N7O/c1-26-13-16(12-24-26)18-10-17-19(2-3-23-20(17)25-18)27-4-6-28(7-5-27)21(29)15-8-14(9-15)11-22/h2-3,10,12-15H,4-9H2,1H3,(H,23,25)/t14-,15-. The Morgan fingerprint density at radius 1 is 1.28 bits per heavy atom. The number of carbonyl (C=O) groups excluding carboxylic acids is 1. The van der Waals surface area contributed by atoms with Gasteiger partial charge in [0, 0.05) is 74.1 Å². The van der Waals surface area contributed by atoms with Gasteiger partial charge in [-0.2, -0.15) is 10.4 Å². The van der Waals surface area contributed by atoms with Gasteiger partial charge in [0.05, 0.1) is 18.0 Å². The number of aromatic amines is 1. The molecule has 3 aromatic rings. The van der Waals surface area contributed by atoms with Crippen LogP contribution in [-0.2, 0) is 11.8 Å². The largest absolute Gasteiger partial charge is 0.367 e. The number of amides is 1. The second-order valence-corrected chi connectivity index (χ2v) is 7.98. The lowest BCUT2D eigenvalue weighted by Gasteiger charge is -2.40. The summed E-state index contributed by atoms with van der Waals surface area (Å²) in [6, 6.07) is 6.43. The molecular weight excluding hydrogens is 366 g/mol. The van der Waals surface area contributed by atoms with Crippen LogP contribution in [0.2, 0.25) is 0 Å². The Hall–Kier alpha value is -3.34. The number of H-pyrrole nitrogens is 1. The van der Waals surface area contributed by atoms with E-state index in [0.717, 1.165) is 67.0 Å². The number of aromatic nitrogens is 4. The number of aryl methyl sites for hydroxylation is 1. The topological polar surface area (TPSA) is 93.8 Å². The third kappa shape index (κ3) is 3.12. The van der Waals surface area contributed by atoms with Gasteiger partial charge in [-0.3, -0.25) is 9.48 Å². The molecule has 1 N–H and O–H groups in total. The molecule has 3 aromatic heterocycles. The number of hydrogen-bond donors (Lipinski definition) is 1. The molecule has 8 heteroatoms. The molecule has 0 spiro atoms. The fourth-order valence-electron chi connectivity index (χ4n) is 4.36. The summed E-state index contributed by atoms with van der Waals surface area (Å²) in [5.41, 5.74) is 4.03. The number of nitrogens with zero attached hydrogens (tertiary/aromatic N) is 6. The summed E-state index contributed by atoms with van der Waals surface area (Å²) < 4.78 is 1.78. The normalized spacial score (nSPS) is 21.8. The van der Waals surface area contributed by atoms with E-state index in [2.05, 4.69) is 32.1 Å². The molecular formula is C21H23N7O. The molecule has 5 rings (SSSR count). The van der Waals surface area contributed by atoms with Gasteiger partial charge >= 0.3 is 0 Å². The van der Waals surface area contributed by atoms with Crippen LogP contribution in [0.25, 0.3) is 22.3 Å². The lowest BCUT2D eigenvalue weighted by molar-refractivity contribution is -0.139. The molecule has 0 unspecified atom stereocenters. The Labute approximate surface area is 168 Å². The zero-order valence-corrected chi connectivity index (χ0v) is 16.4. The first kappa shape index (κ1) is 17.7. The molecule has 29 heavy (non-hydrogen) atoms. The lowest BCUT2D eigenvalue weighted by atomic mass is 9.75. The van der Waals surface area contributed by atoms with E-state index in [1.807, 2.05) is 36.6 Å². The van der Waals surface area contributed by atoms with Gasteiger partial charge in [0.1, 0.15) is 5.65 Å². The van der Waals surface area contributed by atoms with Crippen molar-refractivity contribution in [1.29, 1.82) is 5.26 Å². The highest BCUT2D eigenvalue weighted by molar-refractivity contribution is 5.93. The van der Waals surface area contributed by atoms with Crippen molar-refractivity contribution in [2.24, 2.45) is 18.9 Å². The summed E-state index contributed by atoms with van der Waals surface area (Å²) in [4.78, 5) is 24.8. The van der Waals surface area contributed by atoms with Crippen molar-refractivity contribution < 1.29 is 4.79 Å². The van der Waals surface area contributed by atoms with Gasteiger partial charge in [-0.1, -0.05) is 0 Å². The van der Waals surface area contributed by atoms with Gasteiger partial charge in [0.25, 0.3) is 0 Å². The summed E-state index contributed by atoms with van der Waals surface area (Å²) in [5, 5.41) is 14.3. The number of fused-ring (bicyclic) bond motifs is 1. The SMILES string of the molecule is Cn1cc(-c2cc3c(N4CCN(C(=O)[C@H]5C[C@H](C#N)C5)CC4)ccnc3[nH]2)cn1. The van der Waals surface area contributed by atoms with Crippen molar-refractivity contribution in [2.45, 2.75) is 12.8 Å². The Bertz CT molecular complexity index is 1090. The number of nitrogens with one attached hydrogen (secondary N) is 1. The highest BCUT2D eigenvalue weighted by Crippen LogP contribution is 2.35. The van der Waals surface area contributed by atoms with Crippen LogP contribution in [0.5, 0.6) is 0 Å². The number of pyridine rings is 1. The molecule has 1 aliphatic heterocycles. The van der Waals surface area contributed by atoms with Gasteiger partial charge in [-0.15, -0.1) is 0 Å². The third-order valence-corrected chi connectivity index (χ3v) is 6.13. The van der Waals surface area contributed by atoms with Crippen molar-refractivity contribution in [1.82, 2.24) is 24.6 Å². The van der Waals surface area contributed by atoms with Gasteiger partial charge in [-0.25, -0.2) is 4.98 Å². The van der Waals surface area contributed by atoms with E-state index >= 15 is 0 Å². The number of nitriles is 1. The molecule has 0 bridgehead atoms. The molecule has 2 fully saturated rings. The second kappa shape index (κ2) is 6.92. The van der Waals surface area contributed by atoms with Crippen molar-refractivity contribution >= 4 is 22.6 Å². The molecule has 1 saturated heterocycles. The van der Waals surface area contributed by atoms with E-state index in [0.29, 0.717) is 0 Å². The van der Waals surface area contributed by atoms with E-state index in [1.165, 1.54) is 0 Å². The van der Waals surface area contributed by atoms with E-state index < -0.39 is 0 Å². The van der Waals surface area contributed by atoms with Crippen molar-refractivity contribution in [3.8, 4) is 17.3 Å². The Balaban J connectivity index is 1.31. The van der Waals surface area contributed by atoms with E-state index in [9.17, 15) is 4.79 Å². The molecule has 148 valence electrons. The number of piperazine rings is 1. The molecule has 0 radical (unpaired) electrons. The highest BCUT2D eigenvalue weighted by atomic mass is 16.2. The lowest BCUT2D eigenvalue weighted by Crippen LogP contribution is -2.52. The average Bonchev–Trinajstić information content (AvgIpc) is 3.33. The minimum absolute atomic E-state index is 0.0468. The van der Waals surface area contributed by atoms with Crippen LogP contribution in [0, 0.1) is 23.2 Å². The quantitative estimate of drug-likeness (QED) is 0.741. The van der Waals surface area contributed by atoms with Crippen LogP contribution in [0.4, 0.5) is 5.69 Å². The van der Waals surface area contributed by atoms with Crippen LogP contribution >= 0.6 is 0 Å². The summed E-state index contributed by atoms with van der Waals surface area (Å²) in [5.74, 6) is 0.333. The van der Waals surface area contributed by atoms with E-state index in [1.54, 1.807) is 4.68 Å². The van der Waals surface area contributed by atoms with Gasteiger partial charge < -0.3 is 14.8 Å². The van der Waals surface area contributed by atoms with Gasteiger partial charge in [0.15, 0.2) is 0 Å². The first-order valence-corrected chi connectivity index (χ1v) is 10.0. The third-order valence-electron chi connectivity index (χ3n) is 6.13. The van der Waals surface area contributed by atoms with Crippen LogP contribution in [-0.4, -0.2) is 56.7 Å². The number of anilines is 1. The molecule has 0 atom stereocenters. The predicted octanol–water partition coefficient (Wildman–Crippen LogP) is 2.16. The summed E-state index contributed by atoms with van der Waals surface area (Å²) in [6.07, 6.45) is 7.09. The van der Waals surface area contributed by atoms with Gasteiger partial charge in [-0.05, 0) is 25.0 Å². The number of hydrogen-bond acceptors (Lipinski definition) is 5. The minimum atomic E-state index is 0.0468. The van der Waals surface area contributed by atoms with Crippen LogP contribution in [0.1, 0.15) is 12.8 Å². The van der Waals surface area contributed by atoms with E-state index in [-0.39, 0.29) is 17.7 Å².